The first-order valence-corrected chi connectivity index (χ1v) is 7.25. The van der Waals surface area contributed by atoms with Crippen LogP contribution in [0.15, 0.2) is 12.1 Å². The van der Waals surface area contributed by atoms with Crippen LogP contribution in [0.25, 0.3) is 0 Å². The van der Waals surface area contributed by atoms with Crippen LogP contribution in [-0.4, -0.2) is 35.4 Å². The van der Waals surface area contributed by atoms with Crippen molar-refractivity contribution in [1.29, 1.82) is 0 Å². The van der Waals surface area contributed by atoms with Gasteiger partial charge >= 0.3 is 12.1 Å². The van der Waals surface area contributed by atoms with Gasteiger partial charge in [-0.2, -0.15) is 0 Å². The molecule has 0 aliphatic heterocycles. The van der Waals surface area contributed by atoms with Gasteiger partial charge in [0.05, 0.1) is 13.2 Å². The smallest absolute Gasteiger partial charge is 0.408 e. The SMILES string of the molecule is Cc1ccc(F)c(COCC(NC(=O)OC(C)(C)C)C(=O)O)c1F. The van der Waals surface area contributed by atoms with Crippen molar-refractivity contribution in [2.24, 2.45) is 0 Å². The van der Waals surface area contributed by atoms with Gasteiger partial charge in [-0.3, -0.25) is 0 Å². The van der Waals surface area contributed by atoms with Gasteiger partial charge in [-0.1, -0.05) is 6.07 Å². The van der Waals surface area contributed by atoms with E-state index in [1.807, 2.05) is 0 Å². The Morgan fingerprint density at radius 3 is 2.46 bits per heavy atom. The van der Waals surface area contributed by atoms with E-state index in [9.17, 15) is 18.4 Å². The summed E-state index contributed by atoms with van der Waals surface area (Å²) >= 11 is 0. The van der Waals surface area contributed by atoms with Crippen LogP contribution in [0.1, 0.15) is 31.9 Å². The Morgan fingerprint density at radius 2 is 1.92 bits per heavy atom. The first-order chi connectivity index (χ1) is 11.0. The highest BCUT2D eigenvalue weighted by Gasteiger charge is 2.24. The summed E-state index contributed by atoms with van der Waals surface area (Å²) in [6, 6.07) is 0.985. The predicted molar refractivity (Wildman–Crippen MR) is 81.5 cm³/mol. The molecule has 0 radical (unpaired) electrons. The van der Waals surface area contributed by atoms with E-state index in [0.717, 1.165) is 6.07 Å². The highest BCUT2D eigenvalue weighted by atomic mass is 19.1. The molecule has 0 aliphatic carbocycles. The molecule has 0 bridgehead atoms. The zero-order valence-electron chi connectivity index (χ0n) is 14.0. The molecular formula is C16H21F2NO5. The van der Waals surface area contributed by atoms with Crippen molar-refractivity contribution in [3.63, 3.8) is 0 Å². The number of halogens is 2. The Kier molecular flexibility index (Phi) is 6.65. The third-order valence-corrected chi connectivity index (χ3v) is 2.90. The molecule has 2 N–H and O–H groups in total. The Morgan fingerprint density at radius 1 is 1.29 bits per heavy atom. The van der Waals surface area contributed by atoms with E-state index in [2.05, 4.69) is 5.32 Å². The van der Waals surface area contributed by atoms with Gasteiger partial charge in [0.1, 0.15) is 17.2 Å². The van der Waals surface area contributed by atoms with Gasteiger partial charge in [0.25, 0.3) is 0 Å². The predicted octanol–water partition coefficient (Wildman–Crippen LogP) is 2.77. The minimum atomic E-state index is -1.41. The Bertz CT molecular complexity index is 613. The topological polar surface area (TPSA) is 84.9 Å². The van der Waals surface area contributed by atoms with Crippen LogP contribution in [0.5, 0.6) is 0 Å². The molecule has 1 aromatic carbocycles. The maximum atomic E-state index is 13.8. The number of aryl methyl sites for hydroxylation is 1. The van der Waals surface area contributed by atoms with Crippen LogP contribution in [-0.2, 0) is 20.9 Å². The Balaban J connectivity index is 2.64. The molecule has 0 fully saturated rings. The summed E-state index contributed by atoms with van der Waals surface area (Å²) in [7, 11) is 0. The molecule has 134 valence electrons. The lowest BCUT2D eigenvalue weighted by Crippen LogP contribution is -2.46. The summed E-state index contributed by atoms with van der Waals surface area (Å²) in [5, 5.41) is 11.2. The van der Waals surface area contributed by atoms with Gasteiger partial charge in [0.15, 0.2) is 6.04 Å². The number of amides is 1. The molecule has 0 aromatic heterocycles. The van der Waals surface area contributed by atoms with Crippen molar-refractivity contribution in [3.8, 4) is 0 Å². The standard InChI is InChI=1S/C16H21F2NO5/c1-9-5-6-11(17)10(13(9)18)7-23-8-12(14(20)21)19-15(22)24-16(2,3)4/h5-6,12H,7-8H2,1-4H3,(H,19,22)(H,20,21). The molecule has 1 aromatic rings. The number of hydrogen-bond acceptors (Lipinski definition) is 4. The number of ether oxygens (including phenoxy) is 2. The molecule has 8 heteroatoms. The number of carbonyl (C=O) groups is 2. The number of carbonyl (C=O) groups excluding carboxylic acids is 1. The lowest BCUT2D eigenvalue weighted by Gasteiger charge is -2.22. The molecule has 0 heterocycles. The summed E-state index contributed by atoms with van der Waals surface area (Å²) < 4.78 is 37.4. The van der Waals surface area contributed by atoms with Gasteiger partial charge in [0.2, 0.25) is 0 Å². The summed E-state index contributed by atoms with van der Waals surface area (Å²) in [5.74, 6) is -2.89. The van der Waals surface area contributed by atoms with Crippen molar-refractivity contribution in [3.05, 3.63) is 34.9 Å². The van der Waals surface area contributed by atoms with Crippen LogP contribution in [0.3, 0.4) is 0 Å². The van der Waals surface area contributed by atoms with E-state index in [1.165, 1.54) is 13.0 Å². The van der Waals surface area contributed by atoms with Crippen LogP contribution >= 0.6 is 0 Å². The molecule has 6 nitrogen and oxygen atoms in total. The fraction of sp³-hybridized carbons (Fsp3) is 0.500. The normalized spacial score (nSPS) is 12.6. The van der Waals surface area contributed by atoms with Gasteiger partial charge in [0, 0.05) is 5.56 Å². The Hall–Kier alpha value is -2.22. The molecule has 0 saturated carbocycles. The summed E-state index contributed by atoms with van der Waals surface area (Å²) in [6.45, 7) is 5.43. The minimum Gasteiger partial charge on any atom is -0.480 e. The average Bonchev–Trinajstić information content (AvgIpc) is 2.43. The first-order valence-electron chi connectivity index (χ1n) is 7.25. The molecule has 0 spiro atoms. The number of hydrogen-bond donors (Lipinski definition) is 2. The second kappa shape index (κ2) is 8.05. The van der Waals surface area contributed by atoms with Gasteiger partial charge in [-0.25, -0.2) is 18.4 Å². The van der Waals surface area contributed by atoms with Crippen molar-refractivity contribution in [2.45, 2.75) is 45.9 Å². The second-order valence-electron chi connectivity index (χ2n) is 6.21. The number of aliphatic carboxylic acids is 1. The highest BCUT2D eigenvalue weighted by Crippen LogP contribution is 2.17. The first kappa shape index (κ1) is 19.8. The van der Waals surface area contributed by atoms with E-state index in [1.54, 1.807) is 20.8 Å². The van der Waals surface area contributed by atoms with Crippen molar-refractivity contribution >= 4 is 12.1 Å². The molecule has 0 aliphatic rings. The van der Waals surface area contributed by atoms with E-state index < -0.39 is 48.6 Å². The van der Waals surface area contributed by atoms with Crippen molar-refractivity contribution in [2.75, 3.05) is 6.61 Å². The minimum absolute atomic E-state index is 0.247. The fourth-order valence-corrected chi connectivity index (χ4v) is 1.75. The van der Waals surface area contributed by atoms with E-state index in [0.29, 0.717) is 0 Å². The molecule has 1 rings (SSSR count). The number of carboxylic acids is 1. The highest BCUT2D eigenvalue weighted by molar-refractivity contribution is 5.80. The summed E-state index contributed by atoms with van der Waals surface area (Å²) in [6.07, 6.45) is -0.925. The fourth-order valence-electron chi connectivity index (χ4n) is 1.75. The summed E-state index contributed by atoms with van der Waals surface area (Å²) in [5.41, 5.74) is -0.838. The number of alkyl carbamates (subject to hydrolysis) is 1. The largest absolute Gasteiger partial charge is 0.480 e. The number of carboxylic acid groups (broad SMARTS) is 1. The third-order valence-electron chi connectivity index (χ3n) is 2.90. The van der Waals surface area contributed by atoms with Gasteiger partial charge in [-0.15, -0.1) is 0 Å². The number of nitrogens with one attached hydrogen (secondary N) is 1. The number of rotatable bonds is 6. The lowest BCUT2D eigenvalue weighted by atomic mass is 10.1. The van der Waals surface area contributed by atoms with Crippen molar-refractivity contribution < 1.29 is 33.0 Å². The number of benzene rings is 1. The van der Waals surface area contributed by atoms with Gasteiger partial charge in [-0.05, 0) is 39.3 Å². The second-order valence-corrected chi connectivity index (χ2v) is 6.21. The zero-order valence-corrected chi connectivity index (χ0v) is 14.0. The van der Waals surface area contributed by atoms with Gasteiger partial charge < -0.3 is 19.9 Å². The monoisotopic (exact) mass is 345 g/mol. The molecule has 1 amide bonds. The maximum Gasteiger partial charge on any atom is 0.408 e. The molecule has 1 atom stereocenters. The van der Waals surface area contributed by atoms with Crippen LogP contribution in [0, 0.1) is 18.6 Å². The third kappa shape index (κ3) is 6.11. The van der Waals surface area contributed by atoms with Crippen LogP contribution in [0.2, 0.25) is 0 Å². The Labute approximate surface area is 138 Å². The van der Waals surface area contributed by atoms with E-state index in [-0.39, 0.29) is 11.1 Å². The molecule has 1 unspecified atom stereocenters. The zero-order chi connectivity index (χ0) is 18.5. The molecular weight excluding hydrogens is 324 g/mol. The molecule has 0 saturated heterocycles. The van der Waals surface area contributed by atoms with Crippen molar-refractivity contribution in [1.82, 2.24) is 5.32 Å². The van der Waals surface area contributed by atoms with E-state index >= 15 is 0 Å². The van der Waals surface area contributed by atoms with E-state index in [4.69, 9.17) is 14.6 Å². The molecule has 24 heavy (non-hydrogen) atoms. The lowest BCUT2D eigenvalue weighted by molar-refractivity contribution is -0.141. The van der Waals surface area contributed by atoms with Crippen LogP contribution in [0.4, 0.5) is 13.6 Å². The average molecular weight is 345 g/mol. The van der Waals surface area contributed by atoms with Crippen LogP contribution < -0.4 is 5.32 Å². The maximum absolute atomic E-state index is 13.8. The summed E-state index contributed by atoms with van der Waals surface area (Å²) in [4.78, 5) is 22.7. The quantitative estimate of drug-likeness (QED) is 0.828.